The van der Waals surface area contributed by atoms with Crippen LogP contribution in [0.25, 0.3) is 0 Å². The highest BCUT2D eigenvalue weighted by atomic mass is 79.9. The number of aryl methyl sites for hydroxylation is 1. The van der Waals surface area contributed by atoms with Gasteiger partial charge < -0.3 is 19.5 Å². The molecule has 0 aliphatic carbocycles. The van der Waals surface area contributed by atoms with Crippen LogP contribution < -0.4 is 10.9 Å². The van der Waals surface area contributed by atoms with Crippen LogP contribution in [-0.4, -0.2) is 69.3 Å². The van der Waals surface area contributed by atoms with Crippen LogP contribution in [0.5, 0.6) is 0 Å². The molecule has 2 heterocycles. The highest BCUT2D eigenvalue weighted by Gasteiger charge is 2.29. The first-order valence-corrected chi connectivity index (χ1v) is 9.99. The van der Waals surface area contributed by atoms with Crippen LogP contribution in [0.3, 0.4) is 0 Å². The molecule has 152 valence electrons. The third kappa shape index (κ3) is 5.93. The monoisotopic (exact) mass is 443 g/mol. The number of hydrogen-bond donors (Lipinski definition) is 1. The number of halogens is 1. The lowest BCUT2D eigenvalue weighted by Crippen LogP contribution is -2.55. The van der Waals surface area contributed by atoms with Crippen molar-refractivity contribution in [2.45, 2.75) is 52.3 Å². The van der Waals surface area contributed by atoms with Crippen molar-refractivity contribution in [1.29, 1.82) is 0 Å². The Balaban J connectivity index is 1.93. The molecule has 9 heteroatoms. The number of rotatable bonds is 4. The zero-order valence-electron chi connectivity index (χ0n) is 17.0. The average molecular weight is 444 g/mol. The van der Waals surface area contributed by atoms with Crippen LogP contribution in [0.1, 0.15) is 34.6 Å². The van der Waals surface area contributed by atoms with Crippen molar-refractivity contribution < 1.29 is 9.53 Å². The van der Waals surface area contributed by atoms with Gasteiger partial charge in [0.05, 0.1) is 0 Å². The first kappa shape index (κ1) is 21.7. The first-order chi connectivity index (χ1) is 12.5. The van der Waals surface area contributed by atoms with Gasteiger partial charge in [-0.1, -0.05) is 0 Å². The summed E-state index contributed by atoms with van der Waals surface area (Å²) in [5.41, 5.74) is -0.643. The van der Waals surface area contributed by atoms with E-state index in [0.717, 1.165) is 13.1 Å². The molecule has 8 nitrogen and oxygen atoms in total. The van der Waals surface area contributed by atoms with E-state index in [0.29, 0.717) is 23.5 Å². The van der Waals surface area contributed by atoms with Gasteiger partial charge in [0, 0.05) is 51.5 Å². The summed E-state index contributed by atoms with van der Waals surface area (Å²) >= 11 is 3.32. The number of carbonyl (C=O) groups excluding carboxylic acids is 1. The van der Waals surface area contributed by atoms with Crippen molar-refractivity contribution in [2.24, 2.45) is 7.05 Å². The number of amides is 1. The minimum Gasteiger partial charge on any atom is -0.444 e. The fraction of sp³-hybridized carbons (Fsp3) is 0.722. The van der Waals surface area contributed by atoms with Crippen molar-refractivity contribution in [3.8, 4) is 0 Å². The number of carbonyl (C=O) groups is 1. The van der Waals surface area contributed by atoms with Crippen molar-refractivity contribution >= 4 is 27.8 Å². The number of anilines is 1. The van der Waals surface area contributed by atoms with Crippen molar-refractivity contribution in [3.05, 3.63) is 21.2 Å². The van der Waals surface area contributed by atoms with Gasteiger partial charge in [0.25, 0.3) is 5.56 Å². The van der Waals surface area contributed by atoms with Gasteiger partial charge in [0.2, 0.25) is 0 Å². The molecule has 1 saturated heterocycles. The Kier molecular flexibility index (Phi) is 6.91. The highest BCUT2D eigenvalue weighted by molar-refractivity contribution is 9.10. The molecule has 1 fully saturated rings. The molecular weight excluding hydrogens is 414 g/mol. The number of aromatic nitrogens is 2. The summed E-state index contributed by atoms with van der Waals surface area (Å²) in [6.07, 6.45) is 1.38. The molecule has 27 heavy (non-hydrogen) atoms. The van der Waals surface area contributed by atoms with Gasteiger partial charge in [0.1, 0.15) is 10.2 Å². The quantitative estimate of drug-likeness (QED) is 0.768. The summed E-state index contributed by atoms with van der Waals surface area (Å²) in [4.78, 5) is 32.7. The fourth-order valence-electron chi connectivity index (χ4n) is 2.95. The van der Waals surface area contributed by atoms with Gasteiger partial charge in [-0.15, -0.1) is 0 Å². The third-order valence-corrected chi connectivity index (χ3v) is 5.05. The van der Waals surface area contributed by atoms with Gasteiger partial charge in [-0.25, -0.2) is 9.78 Å². The minimum absolute atomic E-state index is 0.0209. The number of ether oxygens (including phenoxy) is 1. The second-order valence-electron chi connectivity index (χ2n) is 8.01. The summed E-state index contributed by atoms with van der Waals surface area (Å²) in [5, 5.41) is 3.23. The second kappa shape index (κ2) is 8.60. The second-order valence-corrected chi connectivity index (χ2v) is 8.82. The molecule has 0 saturated carbocycles. The lowest BCUT2D eigenvalue weighted by atomic mass is 10.1. The van der Waals surface area contributed by atoms with Crippen LogP contribution in [0.4, 0.5) is 10.6 Å². The van der Waals surface area contributed by atoms with E-state index in [1.54, 1.807) is 18.1 Å². The van der Waals surface area contributed by atoms with Crippen LogP contribution in [0.15, 0.2) is 15.6 Å². The zero-order valence-corrected chi connectivity index (χ0v) is 18.5. The predicted molar refractivity (Wildman–Crippen MR) is 109 cm³/mol. The molecule has 1 aromatic heterocycles. The fourth-order valence-corrected chi connectivity index (χ4v) is 3.44. The summed E-state index contributed by atoms with van der Waals surface area (Å²) in [6, 6.07) is 0.198. The maximum absolute atomic E-state index is 12.2. The average Bonchev–Trinajstić information content (AvgIpc) is 2.57. The van der Waals surface area contributed by atoms with Crippen molar-refractivity contribution in [1.82, 2.24) is 19.4 Å². The summed E-state index contributed by atoms with van der Waals surface area (Å²) in [7, 11) is 1.70. The topological polar surface area (TPSA) is 79.7 Å². The van der Waals surface area contributed by atoms with E-state index in [-0.39, 0.29) is 23.7 Å². The van der Waals surface area contributed by atoms with E-state index in [1.807, 2.05) is 27.7 Å². The first-order valence-electron chi connectivity index (χ1n) is 9.19. The van der Waals surface area contributed by atoms with Crippen molar-refractivity contribution in [3.63, 3.8) is 0 Å². The van der Waals surface area contributed by atoms with E-state index in [2.05, 4.69) is 38.1 Å². The van der Waals surface area contributed by atoms with E-state index in [9.17, 15) is 9.59 Å². The Hall–Kier alpha value is -1.61. The van der Waals surface area contributed by atoms with Crippen LogP contribution in [0, 0.1) is 0 Å². The smallest absolute Gasteiger partial charge is 0.410 e. The Morgan fingerprint density at radius 2 is 1.85 bits per heavy atom. The number of nitrogens with zero attached hydrogens (tertiary/aromatic N) is 4. The van der Waals surface area contributed by atoms with E-state index >= 15 is 0 Å². The molecule has 1 unspecified atom stereocenters. The minimum atomic E-state index is -0.483. The molecule has 1 aliphatic rings. The number of nitrogens with one attached hydrogen (secondary N) is 1. The van der Waals surface area contributed by atoms with E-state index < -0.39 is 5.60 Å². The summed E-state index contributed by atoms with van der Waals surface area (Å²) < 4.78 is 7.55. The molecule has 0 aromatic carbocycles. The largest absolute Gasteiger partial charge is 0.444 e. The summed E-state index contributed by atoms with van der Waals surface area (Å²) in [5.74, 6) is 0.332. The molecule has 0 spiro atoms. The molecule has 0 radical (unpaired) electrons. The van der Waals surface area contributed by atoms with Crippen LogP contribution in [-0.2, 0) is 11.8 Å². The number of piperazine rings is 1. The predicted octanol–water partition coefficient (Wildman–Crippen LogP) is 2.28. The lowest BCUT2D eigenvalue weighted by molar-refractivity contribution is 0.0105. The van der Waals surface area contributed by atoms with Gasteiger partial charge in [-0.2, -0.15) is 0 Å². The number of hydrogen-bond acceptors (Lipinski definition) is 6. The Labute approximate surface area is 169 Å². The maximum atomic E-state index is 12.2. The van der Waals surface area contributed by atoms with E-state index in [1.165, 1.54) is 4.57 Å². The maximum Gasteiger partial charge on any atom is 0.410 e. The lowest BCUT2D eigenvalue weighted by Gasteiger charge is -2.40. The molecule has 2 rings (SSSR count). The van der Waals surface area contributed by atoms with E-state index in [4.69, 9.17) is 4.74 Å². The molecule has 1 aromatic rings. The van der Waals surface area contributed by atoms with Gasteiger partial charge >= 0.3 is 6.09 Å². The van der Waals surface area contributed by atoms with Crippen LogP contribution >= 0.6 is 15.9 Å². The van der Waals surface area contributed by atoms with Crippen molar-refractivity contribution in [2.75, 3.05) is 31.5 Å². The van der Waals surface area contributed by atoms with Gasteiger partial charge in [-0.05, 0) is 50.5 Å². The Morgan fingerprint density at radius 1 is 1.26 bits per heavy atom. The normalized spacial score (nSPS) is 18.1. The molecule has 1 amide bonds. The standard InChI is InChI=1S/C18H30BrN5O3/c1-12(20-15-16(25)22(6)11-14(19)21-15)13(2)23-7-9-24(10-8-23)17(26)27-18(3,4)5/h11-13H,7-10H2,1-6H3,(H,20,21)/t12-,13?/m0/s1. The Bertz CT molecular complexity index is 723. The molecule has 2 atom stereocenters. The molecular formula is C18H30BrN5O3. The third-order valence-electron chi connectivity index (χ3n) is 4.67. The molecule has 1 N–H and O–H groups in total. The zero-order chi connectivity index (χ0) is 20.4. The Morgan fingerprint density at radius 3 is 2.41 bits per heavy atom. The molecule has 0 bridgehead atoms. The van der Waals surface area contributed by atoms with Gasteiger partial charge in [-0.3, -0.25) is 9.69 Å². The van der Waals surface area contributed by atoms with Gasteiger partial charge in [0.15, 0.2) is 5.82 Å². The summed E-state index contributed by atoms with van der Waals surface area (Å²) in [6.45, 7) is 12.5. The van der Waals surface area contributed by atoms with Crippen LogP contribution in [0.2, 0.25) is 0 Å². The highest BCUT2D eigenvalue weighted by Crippen LogP contribution is 2.15. The SMILES string of the molecule is CC([C@H](C)Nc1nc(Br)cn(C)c1=O)N1CCN(C(=O)OC(C)(C)C)CC1. The molecule has 1 aliphatic heterocycles.